The van der Waals surface area contributed by atoms with Crippen LogP contribution in [0.15, 0.2) is 97.3 Å². The molecule has 0 unspecified atom stereocenters. The standard InChI is InChI=1S/C30H31N7O2/c1-35(30(39)34-24-10-6-3-7-11-24)29-20-28(31-22-32-29)33-25-12-14-26(15-13-25)37-18-16-36(17-19-37)21-27(38)23-8-4-2-5-9-23/h2-15,20,22H,16-19,21H2,1H3,(H,34,39)(H,31,32,33). The van der Waals surface area contributed by atoms with Gasteiger partial charge in [-0.1, -0.05) is 48.5 Å². The molecular weight excluding hydrogens is 490 g/mol. The Morgan fingerprint density at radius 2 is 1.49 bits per heavy atom. The number of urea groups is 1. The maximum atomic E-state index is 12.6. The van der Waals surface area contributed by atoms with Gasteiger partial charge in [0.1, 0.15) is 18.0 Å². The van der Waals surface area contributed by atoms with Crippen LogP contribution >= 0.6 is 0 Å². The van der Waals surface area contributed by atoms with Crippen LogP contribution in [0.1, 0.15) is 10.4 Å². The number of amides is 2. The number of hydrogen-bond acceptors (Lipinski definition) is 7. The predicted molar refractivity (Wildman–Crippen MR) is 155 cm³/mol. The van der Waals surface area contributed by atoms with E-state index in [4.69, 9.17) is 0 Å². The average Bonchev–Trinajstić information content (AvgIpc) is 2.99. The zero-order chi connectivity index (χ0) is 27.0. The first-order valence-electron chi connectivity index (χ1n) is 12.9. The average molecular weight is 522 g/mol. The number of benzene rings is 3. The number of carbonyl (C=O) groups is 2. The van der Waals surface area contributed by atoms with E-state index in [0.717, 1.165) is 43.1 Å². The first-order valence-corrected chi connectivity index (χ1v) is 12.9. The summed E-state index contributed by atoms with van der Waals surface area (Å²) in [5.74, 6) is 1.22. The fraction of sp³-hybridized carbons (Fsp3) is 0.200. The fourth-order valence-electron chi connectivity index (χ4n) is 4.42. The van der Waals surface area contributed by atoms with Crippen LogP contribution in [0.4, 0.5) is 33.5 Å². The molecule has 0 spiro atoms. The topological polar surface area (TPSA) is 93.7 Å². The summed E-state index contributed by atoms with van der Waals surface area (Å²) in [7, 11) is 1.66. The number of piperazine rings is 1. The number of aromatic nitrogens is 2. The number of carbonyl (C=O) groups excluding carboxylic acids is 2. The predicted octanol–water partition coefficient (Wildman–Crippen LogP) is 4.89. The first-order chi connectivity index (χ1) is 19.0. The van der Waals surface area contributed by atoms with Crippen LogP contribution in [0.3, 0.4) is 0 Å². The summed E-state index contributed by atoms with van der Waals surface area (Å²) in [6.45, 7) is 3.86. The molecule has 198 valence electrons. The van der Waals surface area contributed by atoms with Crippen LogP contribution in [-0.2, 0) is 0 Å². The molecule has 0 aliphatic carbocycles. The van der Waals surface area contributed by atoms with Crippen molar-refractivity contribution in [2.24, 2.45) is 0 Å². The summed E-state index contributed by atoms with van der Waals surface area (Å²) in [6, 6.07) is 28.4. The second kappa shape index (κ2) is 12.2. The van der Waals surface area contributed by atoms with Crippen molar-refractivity contribution >= 4 is 40.5 Å². The van der Waals surface area contributed by atoms with Gasteiger partial charge in [0.2, 0.25) is 0 Å². The first kappa shape index (κ1) is 25.9. The molecule has 4 aromatic rings. The van der Waals surface area contributed by atoms with Crippen molar-refractivity contribution in [3.05, 3.63) is 103 Å². The number of hydrogen-bond donors (Lipinski definition) is 2. The summed E-state index contributed by atoms with van der Waals surface area (Å²) in [4.78, 5) is 39.7. The third-order valence-corrected chi connectivity index (χ3v) is 6.67. The van der Waals surface area contributed by atoms with Gasteiger partial charge >= 0.3 is 6.03 Å². The van der Waals surface area contributed by atoms with Crippen molar-refractivity contribution in [2.75, 3.05) is 60.2 Å². The molecule has 0 radical (unpaired) electrons. The van der Waals surface area contributed by atoms with E-state index in [2.05, 4.69) is 42.5 Å². The lowest BCUT2D eigenvalue weighted by Crippen LogP contribution is -2.48. The number of ketones is 1. The molecule has 2 amide bonds. The molecule has 0 bridgehead atoms. The highest BCUT2D eigenvalue weighted by molar-refractivity contribution is 6.00. The summed E-state index contributed by atoms with van der Waals surface area (Å²) in [5.41, 5.74) is 3.49. The van der Waals surface area contributed by atoms with Crippen LogP contribution in [0, 0.1) is 0 Å². The Morgan fingerprint density at radius 3 is 2.18 bits per heavy atom. The molecule has 3 aromatic carbocycles. The SMILES string of the molecule is CN(C(=O)Nc1ccccc1)c1cc(Nc2ccc(N3CCN(CC(=O)c4ccccc4)CC3)cc2)ncn1. The third kappa shape index (κ3) is 6.77. The lowest BCUT2D eigenvalue weighted by Gasteiger charge is -2.35. The molecule has 5 rings (SSSR count). The third-order valence-electron chi connectivity index (χ3n) is 6.67. The van der Waals surface area contributed by atoms with Gasteiger partial charge < -0.3 is 15.5 Å². The zero-order valence-electron chi connectivity index (χ0n) is 21.8. The van der Waals surface area contributed by atoms with E-state index in [1.165, 1.54) is 11.2 Å². The smallest absolute Gasteiger partial charge is 0.327 e. The Kier molecular flexibility index (Phi) is 8.09. The lowest BCUT2D eigenvalue weighted by atomic mass is 10.1. The van der Waals surface area contributed by atoms with Crippen molar-refractivity contribution in [3.8, 4) is 0 Å². The molecule has 2 heterocycles. The molecular formula is C30H31N7O2. The molecule has 1 aliphatic rings. The van der Waals surface area contributed by atoms with Crippen LogP contribution in [0.2, 0.25) is 0 Å². The van der Waals surface area contributed by atoms with Gasteiger partial charge in [-0.15, -0.1) is 0 Å². The van der Waals surface area contributed by atoms with Crippen molar-refractivity contribution < 1.29 is 9.59 Å². The van der Waals surface area contributed by atoms with Crippen LogP contribution in [-0.4, -0.2) is 66.5 Å². The normalized spacial score (nSPS) is 13.5. The van der Waals surface area contributed by atoms with E-state index in [0.29, 0.717) is 23.9 Å². The Hall–Kier alpha value is -4.76. The number of nitrogens with zero attached hydrogens (tertiary/aromatic N) is 5. The summed E-state index contributed by atoms with van der Waals surface area (Å²) in [6.07, 6.45) is 1.43. The molecule has 9 nitrogen and oxygen atoms in total. The molecule has 0 atom stereocenters. The minimum Gasteiger partial charge on any atom is -0.369 e. The minimum atomic E-state index is -0.292. The summed E-state index contributed by atoms with van der Waals surface area (Å²) in [5, 5.41) is 6.14. The molecule has 1 saturated heterocycles. The van der Waals surface area contributed by atoms with E-state index in [1.807, 2.05) is 72.8 Å². The lowest BCUT2D eigenvalue weighted by molar-refractivity contribution is 0.0926. The van der Waals surface area contributed by atoms with Crippen LogP contribution in [0.5, 0.6) is 0 Å². The van der Waals surface area contributed by atoms with Crippen molar-refractivity contribution in [2.45, 2.75) is 0 Å². The van der Waals surface area contributed by atoms with Gasteiger partial charge in [0.25, 0.3) is 0 Å². The van der Waals surface area contributed by atoms with E-state index >= 15 is 0 Å². The highest BCUT2D eigenvalue weighted by Gasteiger charge is 2.20. The highest BCUT2D eigenvalue weighted by Crippen LogP contribution is 2.23. The van der Waals surface area contributed by atoms with Gasteiger partial charge in [0.15, 0.2) is 5.78 Å². The largest absolute Gasteiger partial charge is 0.369 e. The summed E-state index contributed by atoms with van der Waals surface area (Å²) >= 11 is 0. The maximum absolute atomic E-state index is 12.6. The van der Waals surface area contributed by atoms with E-state index < -0.39 is 0 Å². The fourth-order valence-corrected chi connectivity index (χ4v) is 4.42. The molecule has 0 saturated carbocycles. The van der Waals surface area contributed by atoms with E-state index in [9.17, 15) is 9.59 Å². The number of rotatable bonds is 8. The molecule has 2 N–H and O–H groups in total. The maximum Gasteiger partial charge on any atom is 0.327 e. The Balaban J connectivity index is 1.13. The van der Waals surface area contributed by atoms with Gasteiger partial charge in [-0.25, -0.2) is 14.8 Å². The van der Waals surface area contributed by atoms with Crippen LogP contribution in [0.25, 0.3) is 0 Å². The molecule has 1 fully saturated rings. The number of Topliss-reactive ketones (excluding diaryl/α,β-unsaturated/α-hetero) is 1. The number of nitrogens with one attached hydrogen (secondary N) is 2. The van der Waals surface area contributed by atoms with Gasteiger partial charge in [-0.3, -0.25) is 14.6 Å². The zero-order valence-corrected chi connectivity index (χ0v) is 21.8. The molecule has 39 heavy (non-hydrogen) atoms. The van der Waals surface area contributed by atoms with Gasteiger partial charge in [-0.2, -0.15) is 0 Å². The molecule has 9 heteroatoms. The molecule has 1 aliphatic heterocycles. The molecule has 1 aromatic heterocycles. The Labute approximate surface area is 228 Å². The monoisotopic (exact) mass is 521 g/mol. The van der Waals surface area contributed by atoms with Gasteiger partial charge in [-0.05, 0) is 36.4 Å². The van der Waals surface area contributed by atoms with E-state index in [-0.39, 0.29) is 11.8 Å². The quantitative estimate of drug-likeness (QED) is 0.319. The highest BCUT2D eigenvalue weighted by atomic mass is 16.2. The second-order valence-electron chi connectivity index (χ2n) is 9.34. The van der Waals surface area contributed by atoms with Crippen LogP contribution < -0.4 is 20.4 Å². The van der Waals surface area contributed by atoms with Crippen molar-refractivity contribution in [1.29, 1.82) is 0 Å². The Morgan fingerprint density at radius 1 is 0.821 bits per heavy atom. The van der Waals surface area contributed by atoms with Crippen molar-refractivity contribution in [1.82, 2.24) is 14.9 Å². The second-order valence-corrected chi connectivity index (χ2v) is 9.34. The number of anilines is 5. The summed E-state index contributed by atoms with van der Waals surface area (Å²) < 4.78 is 0. The van der Waals surface area contributed by atoms with Gasteiger partial charge in [0, 0.05) is 61.9 Å². The Bertz CT molecular complexity index is 1390. The minimum absolute atomic E-state index is 0.162. The van der Waals surface area contributed by atoms with Gasteiger partial charge in [0.05, 0.1) is 6.54 Å². The number of para-hydroxylation sites is 1. The van der Waals surface area contributed by atoms with E-state index in [1.54, 1.807) is 13.1 Å². The van der Waals surface area contributed by atoms with Crippen molar-refractivity contribution in [3.63, 3.8) is 0 Å².